The summed E-state index contributed by atoms with van der Waals surface area (Å²) in [5, 5.41) is 6.10. The highest BCUT2D eigenvalue weighted by atomic mass is 79.9. The number of anilines is 3. The number of halogens is 2. The Kier molecular flexibility index (Phi) is 5.50. The number of hydrogen-bond donors (Lipinski definition) is 2. The minimum atomic E-state index is -0.470. The fourth-order valence-corrected chi connectivity index (χ4v) is 2.29. The summed E-state index contributed by atoms with van der Waals surface area (Å²) < 4.78 is 14.9. The Labute approximate surface area is 132 Å². The fourth-order valence-electron chi connectivity index (χ4n) is 1.88. The van der Waals surface area contributed by atoms with Crippen LogP contribution in [0.2, 0.25) is 0 Å². The van der Waals surface area contributed by atoms with E-state index in [1.807, 2.05) is 25.1 Å². The number of nitrogens with zero attached hydrogens (tertiary/aromatic N) is 2. The second-order valence-corrected chi connectivity index (χ2v) is 5.51. The summed E-state index contributed by atoms with van der Waals surface area (Å²) >= 11 is 3.44. The molecular formula is C15H18BrFN4. The van der Waals surface area contributed by atoms with Gasteiger partial charge in [0.25, 0.3) is 0 Å². The van der Waals surface area contributed by atoms with Crippen molar-refractivity contribution in [3.63, 3.8) is 0 Å². The number of aromatic nitrogens is 2. The molecule has 1 aromatic carbocycles. The first kappa shape index (κ1) is 15.7. The molecule has 0 atom stereocenters. The SMILES string of the molecule is CCCNc1ncc(F)c(Nc2ccc(Br)cc2CC)n1. The first-order valence-corrected chi connectivity index (χ1v) is 7.75. The molecular weight excluding hydrogens is 335 g/mol. The van der Waals surface area contributed by atoms with Gasteiger partial charge < -0.3 is 10.6 Å². The van der Waals surface area contributed by atoms with Crippen LogP contribution in [0.25, 0.3) is 0 Å². The number of benzene rings is 1. The van der Waals surface area contributed by atoms with Crippen LogP contribution in [-0.2, 0) is 6.42 Å². The van der Waals surface area contributed by atoms with E-state index < -0.39 is 5.82 Å². The van der Waals surface area contributed by atoms with E-state index in [2.05, 4.69) is 43.5 Å². The molecule has 0 radical (unpaired) electrons. The highest BCUT2D eigenvalue weighted by Crippen LogP contribution is 2.25. The van der Waals surface area contributed by atoms with Crippen molar-refractivity contribution in [1.82, 2.24) is 9.97 Å². The maximum absolute atomic E-state index is 13.9. The predicted molar refractivity (Wildman–Crippen MR) is 87.6 cm³/mol. The Morgan fingerprint density at radius 2 is 2.10 bits per heavy atom. The van der Waals surface area contributed by atoms with Gasteiger partial charge in [0.1, 0.15) is 0 Å². The van der Waals surface area contributed by atoms with Crippen LogP contribution < -0.4 is 10.6 Å². The van der Waals surface area contributed by atoms with Gasteiger partial charge in [-0.3, -0.25) is 0 Å². The molecule has 112 valence electrons. The van der Waals surface area contributed by atoms with E-state index in [0.717, 1.165) is 35.1 Å². The van der Waals surface area contributed by atoms with Crippen LogP contribution in [0.15, 0.2) is 28.9 Å². The third-order valence-corrected chi connectivity index (χ3v) is 3.47. The lowest BCUT2D eigenvalue weighted by molar-refractivity contribution is 0.619. The first-order chi connectivity index (χ1) is 10.1. The van der Waals surface area contributed by atoms with Gasteiger partial charge in [-0.2, -0.15) is 4.98 Å². The minimum Gasteiger partial charge on any atom is -0.354 e. The van der Waals surface area contributed by atoms with E-state index in [1.165, 1.54) is 6.20 Å². The molecule has 2 N–H and O–H groups in total. The summed E-state index contributed by atoms with van der Waals surface area (Å²) in [7, 11) is 0. The third-order valence-electron chi connectivity index (χ3n) is 2.98. The van der Waals surface area contributed by atoms with Crippen molar-refractivity contribution < 1.29 is 4.39 Å². The van der Waals surface area contributed by atoms with Crippen LogP contribution in [-0.4, -0.2) is 16.5 Å². The molecule has 1 heterocycles. The molecule has 0 aliphatic rings. The van der Waals surface area contributed by atoms with Crippen molar-refractivity contribution in [1.29, 1.82) is 0 Å². The summed E-state index contributed by atoms with van der Waals surface area (Å²) in [6, 6.07) is 5.83. The molecule has 2 rings (SSSR count). The van der Waals surface area contributed by atoms with Gasteiger partial charge in [-0.1, -0.05) is 29.8 Å². The summed E-state index contributed by atoms with van der Waals surface area (Å²) in [6.07, 6.45) is 2.98. The Hall–Kier alpha value is -1.69. The average molecular weight is 353 g/mol. The Balaban J connectivity index is 2.26. The maximum Gasteiger partial charge on any atom is 0.224 e. The first-order valence-electron chi connectivity index (χ1n) is 6.96. The molecule has 0 saturated heterocycles. The quantitative estimate of drug-likeness (QED) is 0.803. The van der Waals surface area contributed by atoms with Crippen molar-refractivity contribution in [2.24, 2.45) is 0 Å². The zero-order chi connectivity index (χ0) is 15.2. The molecule has 0 aliphatic heterocycles. The smallest absolute Gasteiger partial charge is 0.224 e. The number of nitrogens with one attached hydrogen (secondary N) is 2. The molecule has 0 amide bonds. The maximum atomic E-state index is 13.9. The van der Waals surface area contributed by atoms with E-state index >= 15 is 0 Å². The number of aryl methyl sites for hydroxylation is 1. The zero-order valence-corrected chi connectivity index (χ0v) is 13.7. The van der Waals surface area contributed by atoms with Crippen LogP contribution in [0, 0.1) is 5.82 Å². The van der Waals surface area contributed by atoms with Crippen molar-refractivity contribution in [2.75, 3.05) is 17.2 Å². The summed E-state index contributed by atoms with van der Waals surface area (Å²) in [4.78, 5) is 8.11. The van der Waals surface area contributed by atoms with Crippen molar-refractivity contribution in [3.05, 3.63) is 40.2 Å². The molecule has 0 saturated carbocycles. The second kappa shape index (κ2) is 7.36. The minimum absolute atomic E-state index is 0.181. The van der Waals surface area contributed by atoms with Gasteiger partial charge in [-0.05, 0) is 36.6 Å². The van der Waals surface area contributed by atoms with Gasteiger partial charge in [-0.15, -0.1) is 0 Å². The van der Waals surface area contributed by atoms with Crippen LogP contribution >= 0.6 is 15.9 Å². The van der Waals surface area contributed by atoms with E-state index in [4.69, 9.17) is 0 Å². The Morgan fingerprint density at radius 3 is 2.81 bits per heavy atom. The van der Waals surface area contributed by atoms with Gasteiger partial charge in [0, 0.05) is 16.7 Å². The molecule has 21 heavy (non-hydrogen) atoms. The average Bonchev–Trinajstić information content (AvgIpc) is 2.49. The van der Waals surface area contributed by atoms with E-state index in [-0.39, 0.29) is 5.82 Å². The van der Waals surface area contributed by atoms with E-state index in [1.54, 1.807) is 0 Å². The highest BCUT2D eigenvalue weighted by molar-refractivity contribution is 9.10. The molecule has 0 bridgehead atoms. The fraction of sp³-hybridized carbons (Fsp3) is 0.333. The standard InChI is InChI=1S/C15H18BrFN4/c1-3-7-18-15-19-9-12(17)14(21-15)20-13-6-5-11(16)8-10(13)4-2/h5-6,8-9H,3-4,7H2,1-2H3,(H2,18,19,20,21). The van der Waals surface area contributed by atoms with Crippen LogP contribution in [0.1, 0.15) is 25.8 Å². The Morgan fingerprint density at radius 1 is 1.29 bits per heavy atom. The zero-order valence-electron chi connectivity index (χ0n) is 12.1. The van der Waals surface area contributed by atoms with Gasteiger partial charge in [-0.25, -0.2) is 9.37 Å². The van der Waals surface area contributed by atoms with Gasteiger partial charge in [0.05, 0.1) is 6.20 Å². The summed E-state index contributed by atoms with van der Waals surface area (Å²) in [5.41, 5.74) is 1.94. The summed E-state index contributed by atoms with van der Waals surface area (Å²) in [6.45, 7) is 4.85. The molecule has 0 unspecified atom stereocenters. The molecule has 0 spiro atoms. The molecule has 4 nitrogen and oxygen atoms in total. The van der Waals surface area contributed by atoms with Crippen molar-refractivity contribution in [3.8, 4) is 0 Å². The van der Waals surface area contributed by atoms with E-state index in [9.17, 15) is 4.39 Å². The largest absolute Gasteiger partial charge is 0.354 e. The predicted octanol–water partition coefficient (Wildman–Crippen LogP) is 4.51. The molecule has 0 aliphatic carbocycles. The second-order valence-electron chi connectivity index (χ2n) is 4.60. The lowest BCUT2D eigenvalue weighted by Gasteiger charge is -2.12. The number of hydrogen-bond acceptors (Lipinski definition) is 4. The molecule has 0 fully saturated rings. The molecule has 2 aromatic rings. The van der Waals surface area contributed by atoms with Crippen LogP contribution in [0.5, 0.6) is 0 Å². The highest BCUT2D eigenvalue weighted by Gasteiger charge is 2.09. The van der Waals surface area contributed by atoms with Crippen LogP contribution in [0.3, 0.4) is 0 Å². The topological polar surface area (TPSA) is 49.8 Å². The normalized spacial score (nSPS) is 10.5. The Bertz CT molecular complexity index is 619. The van der Waals surface area contributed by atoms with Gasteiger partial charge >= 0.3 is 0 Å². The lowest BCUT2D eigenvalue weighted by Crippen LogP contribution is -2.07. The lowest BCUT2D eigenvalue weighted by atomic mass is 10.1. The molecule has 1 aromatic heterocycles. The van der Waals surface area contributed by atoms with Crippen molar-refractivity contribution in [2.45, 2.75) is 26.7 Å². The molecule has 6 heteroatoms. The van der Waals surface area contributed by atoms with E-state index in [0.29, 0.717) is 5.95 Å². The third kappa shape index (κ3) is 4.14. The van der Waals surface area contributed by atoms with Gasteiger partial charge in [0.15, 0.2) is 11.6 Å². The summed E-state index contributed by atoms with van der Waals surface area (Å²) in [5.74, 6) is 0.138. The van der Waals surface area contributed by atoms with Crippen molar-refractivity contribution >= 4 is 33.4 Å². The van der Waals surface area contributed by atoms with Crippen LogP contribution in [0.4, 0.5) is 21.8 Å². The van der Waals surface area contributed by atoms with Gasteiger partial charge in [0.2, 0.25) is 5.95 Å². The number of rotatable bonds is 6. The monoisotopic (exact) mass is 352 g/mol.